The van der Waals surface area contributed by atoms with Crippen LogP contribution in [-0.4, -0.2) is 77.5 Å². The second kappa shape index (κ2) is 14.2. The van der Waals surface area contributed by atoms with Crippen LogP contribution in [0.5, 0.6) is 0 Å². The van der Waals surface area contributed by atoms with Crippen molar-refractivity contribution in [2.24, 2.45) is 17.8 Å². The minimum Gasteiger partial charge on any atom is -0.467 e. The average Bonchev–Trinajstić information content (AvgIpc) is 2.80. The first kappa shape index (κ1) is 33.7. The molecule has 1 saturated heterocycles. The lowest BCUT2D eigenvalue weighted by Gasteiger charge is -2.43. The maximum atomic E-state index is 12.6. The van der Waals surface area contributed by atoms with E-state index in [4.69, 9.17) is 63.2 Å². The van der Waals surface area contributed by atoms with E-state index in [1.54, 1.807) is 5.32 Å². The fraction of sp³-hybridized carbons (Fsp3) is 0.727. The van der Waals surface area contributed by atoms with Crippen molar-refractivity contribution in [2.45, 2.75) is 76.0 Å². The molecule has 0 aromatic carbocycles. The smallest absolute Gasteiger partial charge is 0.416 e. The maximum Gasteiger partial charge on any atom is 0.416 e. The molecule has 0 aromatic rings. The third-order valence-electron chi connectivity index (χ3n) is 4.80. The van der Waals surface area contributed by atoms with Crippen molar-refractivity contribution in [3.05, 3.63) is 0 Å². The van der Waals surface area contributed by atoms with E-state index in [1.165, 1.54) is 41.5 Å². The van der Waals surface area contributed by atoms with Gasteiger partial charge in [-0.05, 0) is 0 Å². The standard InChI is InChI=1S/C22H30Cl3NO12/c1-8(2)15(27)34-11-12(35-16(28)9(3)4)14(36-17(29)10(5)6)19(37-13(11)18(30)33-7)38-21(32)26-20(31)22(23,24)25/h8-14,19H,1-7H3,(H,26,31,32)/t11-,12-,13-,14+,19+/m0/s1. The van der Waals surface area contributed by atoms with E-state index >= 15 is 0 Å². The number of hydrogen-bond donors (Lipinski definition) is 1. The Balaban J connectivity index is 3.60. The van der Waals surface area contributed by atoms with Crippen molar-refractivity contribution in [3.8, 4) is 0 Å². The van der Waals surface area contributed by atoms with Gasteiger partial charge in [-0.1, -0.05) is 76.3 Å². The van der Waals surface area contributed by atoms with Gasteiger partial charge in [0.05, 0.1) is 24.9 Å². The molecule has 1 aliphatic rings. The lowest BCUT2D eigenvalue weighted by Crippen LogP contribution is -2.65. The molecule has 1 fully saturated rings. The van der Waals surface area contributed by atoms with Crippen LogP contribution in [0.2, 0.25) is 0 Å². The third kappa shape index (κ3) is 9.44. The minimum absolute atomic E-state index is 0.695. The molecule has 38 heavy (non-hydrogen) atoms. The number of halogens is 3. The molecule has 0 bridgehead atoms. The number of rotatable bonds is 8. The molecule has 1 rings (SSSR count). The van der Waals surface area contributed by atoms with Gasteiger partial charge in [0.1, 0.15) is 0 Å². The fourth-order valence-corrected chi connectivity index (χ4v) is 2.85. The quantitative estimate of drug-likeness (QED) is 0.243. The summed E-state index contributed by atoms with van der Waals surface area (Å²) >= 11 is 16.3. The van der Waals surface area contributed by atoms with Crippen molar-refractivity contribution < 1.29 is 57.2 Å². The number of imide groups is 1. The van der Waals surface area contributed by atoms with Crippen LogP contribution < -0.4 is 5.32 Å². The summed E-state index contributed by atoms with van der Waals surface area (Å²) in [4.78, 5) is 74.5. The number of ether oxygens (including phenoxy) is 6. The molecule has 0 aromatic heterocycles. The summed E-state index contributed by atoms with van der Waals surface area (Å²) in [6, 6.07) is 0. The molecular weight excluding hydrogens is 577 g/mol. The monoisotopic (exact) mass is 605 g/mol. The van der Waals surface area contributed by atoms with Crippen LogP contribution >= 0.6 is 34.8 Å². The Morgan fingerprint density at radius 1 is 0.711 bits per heavy atom. The number of amides is 2. The van der Waals surface area contributed by atoms with Gasteiger partial charge in [0.15, 0.2) is 18.3 Å². The van der Waals surface area contributed by atoms with Gasteiger partial charge in [0.25, 0.3) is 9.70 Å². The van der Waals surface area contributed by atoms with E-state index in [1.807, 2.05) is 0 Å². The SMILES string of the molecule is COC(=O)[C@H]1O[C@H](OC(=O)NC(=O)C(Cl)(Cl)Cl)[C@H](OC(=O)C(C)C)[C@@H](OC(=O)C(C)C)[C@@H]1OC(=O)C(C)C. The molecule has 0 saturated carbocycles. The molecule has 0 spiro atoms. The highest BCUT2D eigenvalue weighted by Crippen LogP contribution is 2.32. The van der Waals surface area contributed by atoms with Crippen molar-refractivity contribution in [1.82, 2.24) is 5.32 Å². The first-order valence-electron chi connectivity index (χ1n) is 11.3. The predicted octanol–water partition coefficient (Wildman–Crippen LogP) is 2.21. The van der Waals surface area contributed by atoms with Gasteiger partial charge in [0, 0.05) is 0 Å². The van der Waals surface area contributed by atoms with E-state index in [0.717, 1.165) is 7.11 Å². The third-order valence-corrected chi connectivity index (χ3v) is 5.31. The number of alkyl carbamates (subject to hydrolysis) is 1. The lowest BCUT2D eigenvalue weighted by atomic mass is 9.97. The van der Waals surface area contributed by atoms with Crippen LogP contribution in [0.1, 0.15) is 41.5 Å². The molecular formula is C22H30Cl3NO12. The Labute approximate surface area is 234 Å². The number of alkyl halides is 3. The molecule has 0 aliphatic carbocycles. The van der Waals surface area contributed by atoms with E-state index in [-0.39, 0.29) is 0 Å². The molecule has 1 heterocycles. The van der Waals surface area contributed by atoms with Crippen molar-refractivity contribution in [1.29, 1.82) is 0 Å². The topological polar surface area (TPSA) is 170 Å². The van der Waals surface area contributed by atoms with E-state index < -0.39 is 88.1 Å². The normalized spacial score (nSPS) is 23.4. The van der Waals surface area contributed by atoms with E-state index in [9.17, 15) is 28.8 Å². The van der Waals surface area contributed by atoms with Gasteiger partial charge in [-0.2, -0.15) is 0 Å². The van der Waals surface area contributed by atoms with Crippen LogP contribution in [0, 0.1) is 17.8 Å². The summed E-state index contributed by atoms with van der Waals surface area (Å²) in [5.74, 6) is -7.18. The average molecular weight is 607 g/mol. The zero-order chi connectivity index (χ0) is 29.5. The maximum absolute atomic E-state index is 12.6. The van der Waals surface area contributed by atoms with Gasteiger partial charge in [-0.3, -0.25) is 24.5 Å². The molecule has 1 N–H and O–H groups in total. The number of hydrogen-bond acceptors (Lipinski definition) is 12. The Morgan fingerprint density at radius 3 is 1.53 bits per heavy atom. The zero-order valence-corrected chi connectivity index (χ0v) is 23.9. The zero-order valence-electron chi connectivity index (χ0n) is 21.7. The minimum atomic E-state index is -2.55. The summed E-state index contributed by atoms with van der Waals surface area (Å²) in [5, 5.41) is 1.63. The highest BCUT2D eigenvalue weighted by atomic mass is 35.6. The van der Waals surface area contributed by atoms with Crippen LogP contribution in [0.4, 0.5) is 4.79 Å². The first-order chi connectivity index (χ1) is 17.4. The Morgan fingerprint density at radius 2 is 1.13 bits per heavy atom. The summed E-state index contributed by atoms with van der Waals surface area (Å²) in [5.41, 5.74) is 0. The van der Waals surface area contributed by atoms with Gasteiger partial charge < -0.3 is 28.4 Å². The lowest BCUT2D eigenvalue weighted by molar-refractivity contribution is -0.290. The molecule has 216 valence electrons. The van der Waals surface area contributed by atoms with Gasteiger partial charge in [-0.25, -0.2) is 9.59 Å². The molecule has 5 atom stereocenters. The van der Waals surface area contributed by atoms with Gasteiger partial charge >= 0.3 is 30.0 Å². The molecule has 0 radical (unpaired) electrons. The molecule has 13 nitrogen and oxygen atoms in total. The second-order valence-electron chi connectivity index (χ2n) is 8.97. The Hall–Kier alpha value is -2.35. The predicted molar refractivity (Wildman–Crippen MR) is 130 cm³/mol. The largest absolute Gasteiger partial charge is 0.467 e. The summed E-state index contributed by atoms with van der Waals surface area (Å²) in [7, 11) is 0.995. The first-order valence-corrected chi connectivity index (χ1v) is 12.5. The number of esters is 4. The van der Waals surface area contributed by atoms with Crippen molar-refractivity contribution >= 4 is 70.7 Å². The van der Waals surface area contributed by atoms with Gasteiger partial charge in [0.2, 0.25) is 12.4 Å². The van der Waals surface area contributed by atoms with Crippen molar-refractivity contribution in [2.75, 3.05) is 7.11 Å². The molecule has 16 heteroatoms. The molecule has 2 amide bonds. The number of carbonyl (C=O) groups is 6. The van der Waals surface area contributed by atoms with Gasteiger partial charge in [-0.15, -0.1) is 0 Å². The number of nitrogens with one attached hydrogen (secondary N) is 1. The number of methoxy groups -OCH3 is 1. The molecule has 1 aliphatic heterocycles. The highest BCUT2D eigenvalue weighted by molar-refractivity contribution is 6.76. The number of carbonyl (C=O) groups excluding carboxylic acids is 6. The fourth-order valence-electron chi connectivity index (χ4n) is 2.71. The van der Waals surface area contributed by atoms with Crippen LogP contribution in [0.25, 0.3) is 0 Å². The Kier molecular flexibility index (Phi) is 12.5. The summed E-state index contributed by atoms with van der Waals surface area (Å²) < 4.78 is 29.1. The van der Waals surface area contributed by atoms with E-state index in [2.05, 4.69) is 0 Å². The van der Waals surface area contributed by atoms with Crippen LogP contribution in [0.15, 0.2) is 0 Å². The Bertz CT molecular complexity index is 918. The molecule has 0 unspecified atom stereocenters. The van der Waals surface area contributed by atoms with Crippen LogP contribution in [-0.2, 0) is 52.4 Å². The van der Waals surface area contributed by atoms with Crippen LogP contribution in [0.3, 0.4) is 0 Å². The highest BCUT2D eigenvalue weighted by Gasteiger charge is 2.57. The van der Waals surface area contributed by atoms with Crippen molar-refractivity contribution in [3.63, 3.8) is 0 Å². The summed E-state index contributed by atoms with van der Waals surface area (Å²) in [6.07, 6.45) is -10.6. The summed E-state index contributed by atoms with van der Waals surface area (Å²) in [6.45, 7) is 8.96. The second-order valence-corrected chi connectivity index (χ2v) is 11.3. The van der Waals surface area contributed by atoms with E-state index in [0.29, 0.717) is 0 Å².